The molecule has 0 atom stereocenters. The fourth-order valence-corrected chi connectivity index (χ4v) is 1.49. The van der Waals surface area contributed by atoms with Crippen molar-refractivity contribution in [1.82, 2.24) is 19.9 Å². The predicted octanol–water partition coefficient (Wildman–Crippen LogP) is 2.30. The fourth-order valence-electron chi connectivity index (χ4n) is 1.49. The molecular formula is C14H12N4O2. The maximum Gasteiger partial charge on any atom is 0.339 e. The summed E-state index contributed by atoms with van der Waals surface area (Å²) in [5.74, 6) is -1.09. The van der Waals surface area contributed by atoms with E-state index in [1.165, 1.54) is 18.6 Å². The maximum atomic E-state index is 11.3. The number of aromatic amines is 1. The number of pyridine rings is 1. The van der Waals surface area contributed by atoms with Gasteiger partial charge >= 0.3 is 5.97 Å². The molecule has 0 unspecified atom stereocenters. The van der Waals surface area contributed by atoms with Crippen LogP contribution in [0.1, 0.15) is 10.4 Å². The van der Waals surface area contributed by atoms with Gasteiger partial charge in [0.25, 0.3) is 0 Å². The quantitative estimate of drug-likeness (QED) is 0.828. The van der Waals surface area contributed by atoms with Crippen molar-refractivity contribution in [2.75, 3.05) is 0 Å². The third kappa shape index (κ3) is 3.49. The predicted molar refractivity (Wildman–Crippen MR) is 73.9 cm³/mol. The molecule has 6 heteroatoms. The van der Waals surface area contributed by atoms with Gasteiger partial charge in [-0.15, -0.1) is 0 Å². The van der Waals surface area contributed by atoms with Gasteiger partial charge in [-0.2, -0.15) is 0 Å². The number of fused-ring (bicyclic) bond motifs is 1. The number of carboxylic acids is 1. The molecule has 0 bridgehead atoms. The number of hydrogen-bond donors (Lipinski definition) is 2. The number of hydrogen-bond acceptors (Lipinski definition) is 4. The van der Waals surface area contributed by atoms with Crippen LogP contribution in [-0.2, 0) is 0 Å². The zero-order valence-corrected chi connectivity index (χ0v) is 10.5. The number of carbonyl (C=O) groups is 1. The minimum absolute atomic E-state index is 0.00585. The second-order valence-corrected chi connectivity index (χ2v) is 3.69. The largest absolute Gasteiger partial charge is 0.478 e. The van der Waals surface area contributed by atoms with E-state index >= 15 is 0 Å². The normalized spacial score (nSPS) is 9.40. The molecule has 100 valence electrons. The molecule has 0 amide bonds. The van der Waals surface area contributed by atoms with E-state index in [1.807, 2.05) is 0 Å². The highest BCUT2D eigenvalue weighted by atomic mass is 16.4. The van der Waals surface area contributed by atoms with Crippen LogP contribution in [0, 0.1) is 0 Å². The Morgan fingerprint density at radius 2 is 1.85 bits per heavy atom. The first-order chi connectivity index (χ1) is 9.79. The number of rotatable bonds is 1. The summed E-state index contributed by atoms with van der Waals surface area (Å²) in [5, 5.41) is 9.27. The van der Waals surface area contributed by atoms with Gasteiger partial charge in [0.1, 0.15) is 11.1 Å². The van der Waals surface area contributed by atoms with Crippen molar-refractivity contribution in [3.05, 3.63) is 67.0 Å². The first kappa shape index (κ1) is 13.4. The van der Waals surface area contributed by atoms with Crippen molar-refractivity contribution in [2.45, 2.75) is 0 Å². The minimum atomic E-state index is -1.09. The molecule has 0 aliphatic heterocycles. The van der Waals surface area contributed by atoms with Crippen molar-refractivity contribution in [1.29, 1.82) is 0 Å². The average Bonchev–Trinajstić information content (AvgIpc) is 2.46. The summed E-state index contributed by atoms with van der Waals surface area (Å²) in [6.45, 7) is 0. The second-order valence-electron chi connectivity index (χ2n) is 3.69. The van der Waals surface area contributed by atoms with Crippen molar-refractivity contribution in [2.24, 2.45) is 0 Å². The lowest BCUT2D eigenvalue weighted by Crippen LogP contribution is -1.98. The van der Waals surface area contributed by atoms with Gasteiger partial charge < -0.3 is 10.1 Å². The molecular weight excluding hydrogens is 256 g/mol. The zero-order valence-electron chi connectivity index (χ0n) is 10.5. The van der Waals surface area contributed by atoms with Crippen LogP contribution in [0.15, 0.2) is 61.4 Å². The highest BCUT2D eigenvalue weighted by Gasteiger charge is 2.06. The van der Waals surface area contributed by atoms with Gasteiger partial charge in [0.2, 0.25) is 0 Å². The molecule has 0 saturated heterocycles. The summed E-state index contributed by atoms with van der Waals surface area (Å²) >= 11 is 0. The second kappa shape index (κ2) is 6.79. The van der Waals surface area contributed by atoms with Crippen LogP contribution in [0.3, 0.4) is 0 Å². The van der Waals surface area contributed by atoms with Crippen molar-refractivity contribution < 1.29 is 9.90 Å². The van der Waals surface area contributed by atoms with Crippen LogP contribution in [-0.4, -0.2) is 31.0 Å². The van der Waals surface area contributed by atoms with E-state index in [2.05, 4.69) is 19.9 Å². The zero-order chi connectivity index (χ0) is 14.2. The van der Waals surface area contributed by atoms with E-state index in [9.17, 15) is 9.90 Å². The minimum Gasteiger partial charge on any atom is -0.478 e. The van der Waals surface area contributed by atoms with Crippen molar-refractivity contribution in [3.63, 3.8) is 0 Å². The monoisotopic (exact) mass is 268 g/mol. The molecule has 2 heterocycles. The molecule has 0 saturated carbocycles. The number of aromatic nitrogens is 4. The number of nitrogens with zero attached hydrogens (tertiary/aromatic N) is 3. The Labute approximate surface area is 114 Å². The van der Waals surface area contributed by atoms with E-state index in [4.69, 9.17) is 0 Å². The lowest BCUT2D eigenvalue weighted by molar-refractivity contribution is 0.0698. The lowest BCUT2D eigenvalue weighted by atomic mass is 10.2. The van der Waals surface area contributed by atoms with E-state index in [-0.39, 0.29) is 5.56 Å². The van der Waals surface area contributed by atoms with E-state index in [0.717, 1.165) is 0 Å². The Kier molecular flexibility index (Phi) is 4.55. The molecule has 0 spiro atoms. The van der Waals surface area contributed by atoms with Crippen molar-refractivity contribution >= 4 is 17.0 Å². The number of nitrogens with one attached hydrogen (secondary N) is 1. The van der Waals surface area contributed by atoms with Gasteiger partial charge in [-0.05, 0) is 24.3 Å². The molecule has 20 heavy (non-hydrogen) atoms. The summed E-state index contributed by atoms with van der Waals surface area (Å²) in [7, 11) is 0. The lowest BCUT2D eigenvalue weighted by Gasteiger charge is -1.96. The highest BCUT2D eigenvalue weighted by Crippen LogP contribution is 2.09. The van der Waals surface area contributed by atoms with Crippen LogP contribution >= 0.6 is 0 Å². The van der Waals surface area contributed by atoms with Crippen LogP contribution in [0.25, 0.3) is 11.0 Å². The molecule has 2 N–H and O–H groups in total. The van der Waals surface area contributed by atoms with Gasteiger partial charge in [-0.1, -0.05) is 0 Å². The molecule has 2 rings (SSSR count). The molecule has 6 nitrogen and oxygen atoms in total. The molecule has 0 radical (unpaired) electrons. The standard InChI is InChI=1S/C14H12N4O2/c19-14(20)11-10-16-7-2-5-15-6-3-9-17-12-4-1-8-18-13(11)12/h1-10,17H,(H,19,20). The first-order valence-corrected chi connectivity index (χ1v) is 5.81. The topological polar surface area (TPSA) is 91.8 Å². The summed E-state index contributed by atoms with van der Waals surface area (Å²) in [6, 6.07) is 6.75. The summed E-state index contributed by atoms with van der Waals surface area (Å²) < 4.78 is 0. The fraction of sp³-hybridized carbons (Fsp3) is 0. The SMILES string of the molecule is O=C(O)c1cncccnccc[nH]c2cccnc12. The molecule has 0 aliphatic rings. The Hall–Kier alpha value is -3.02. The molecule has 2 aromatic rings. The Morgan fingerprint density at radius 3 is 2.70 bits per heavy atom. The van der Waals surface area contributed by atoms with E-state index < -0.39 is 5.97 Å². The molecule has 0 fully saturated rings. The van der Waals surface area contributed by atoms with Crippen LogP contribution in [0.5, 0.6) is 0 Å². The van der Waals surface area contributed by atoms with Crippen LogP contribution < -0.4 is 0 Å². The van der Waals surface area contributed by atoms with Crippen LogP contribution in [0.2, 0.25) is 0 Å². The number of H-pyrrole nitrogens is 1. The third-order valence-corrected chi connectivity index (χ3v) is 2.35. The van der Waals surface area contributed by atoms with E-state index in [1.54, 1.807) is 42.9 Å². The van der Waals surface area contributed by atoms with Gasteiger partial charge in [0.15, 0.2) is 0 Å². The van der Waals surface area contributed by atoms with Gasteiger partial charge in [-0.25, -0.2) is 4.79 Å². The van der Waals surface area contributed by atoms with Gasteiger partial charge in [0.05, 0.1) is 5.52 Å². The number of aromatic carboxylic acids is 1. The number of carboxylic acid groups (broad SMARTS) is 1. The first-order valence-electron chi connectivity index (χ1n) is 5.81. The Morgan fingerprint density at radius 1 is 1.05 bits per heavy atom. The third-order valence-electron chi connectivity index (χ3n) is 2.35. The average molecular weight is 268 g/mol. The highest BCUT2D eigenvalue weighted by molar-refractivity contribution is 5.99. The summed E-state index contributed by atoms with van der Waals surface area (Å²) in [6.07, 6.45) is 9.03. The molecule has 0 aliphatic carbocycles. The summed E-state index contributed by atoms with van der Waals surface area (Å²) in [4.78, 5) is 26.3. The molecule has 0 aromatic carbocycles. The van der Waals surface area contributed by atoms with Crippen molar-refractivity contribution in [3.8, 4) is 0 Å². The Balaban J connectivity index is 2.87. The molecule has 2 aromatic heterocycles. The maximum absolute atomic E-state index is 11.3. The Bertz CT molecular complexity index is 725. The van der Waals surface area contributed by atoms with E-state index in [0.29, 0.717) is 11.0 Å². The van der Waals surface area contributed by atoms with Gasteiger partial charge in [0, 0.05) is 37.2 Å². The smallest absolute Gasteiger partial charge is 0.339 e. The summed E-state index contributed by atoms with van der Waals surface area (Å²) in [5.41, 5.74) is 0.904. The van der Waals surface area contributed by atoms with Crippen LogP contribution in [0.4, 0.5) is 0 Å². The van der Waals surface area contributed by atoms with Gasteiger partial charge in [-0.3, -0.25) is 15.0 Å².